The largest absolute Gasteiger partial charge is 0.477 e. The standard InChI is InChI=1S/C10H8N4O2/c1-6-12-4-7(5-13-6)9-11-3-2-8(14-9)10(15)16/h2-5H,1H3,(H,15,16). The van der Waals surface area contributed by atoms with Crippen molar-refractivity contribution < 1.29 is 9.90 Å². The van der Waals surface area contributed by atoms with Crippen molar-refractivity contribution in [1.82, 2.24) is 19.9 Å². The summed E-state index contributed by atoms with van der Waals surface area (Å²) in [6, 6.07) is 1.33. The Balaban J connectivity index is 2.44. The first-order chi connectivity index (χ1) is 7.66. The van der Waals surface area contributed by atoms with Crippen molar-refractivity contribution in [2.75, 3.05) is 0 Å². The summed E-state index contributed by atoms with van der Waals surface area (Å²) in [5.74, 6) is -0.144. The molecule has 0 spiro atoms. The molecule has 0 aliphatic carbocycles. The molecule has 1 N–H and O–H groups in total. The lowest BCUT2D eigenvalue weighted by atomic mass is 10.3. The molecule has 16 heavy (non-hydrogen) atoms. The minimum absolute atomic E-state index is 0.0504. The van der Waals surface area contributed by atoms with E-state index in [1.54, 1.807) is 19.3 Å². The number of carbonyl (C=O) groups is 1. The van der Waals surface area contributed by atoms with Crippen LogP contribution >= 0.6 is 0 Å². The van der Waals surface area contributed by atoms with E-state index in [1.807, 2.05) is 0 Å². The molecule has 0 aliphatic rings. The SMILES string of the molecule is Cc1ncc(-c2nccc(C(=O)O)n2)cn1. The fourth-order valence-electron chi connectivity index (χ4n) is 1.12. The Kier molecular flexibility index (Phi) is 2.55. The van der Waals surface area contributed by atoms with Crippen molar-refractivity contribution in [1.29, 1.82) is 0 Å². The molecule has 0 unspecified atom stereocenters. The zero-order valence-electron chi connectivity index (χ0n) is 8.45. The van der Waals surface area contributed by atoms with Crippen molar-refractivity contribution in [3.8, 4) is 11.4 Å². The predicted molar refractivity (Wildman–Crippen MR) is 54.8 cm³/mol. The quantitative estimate of drug-likeness (QED) is 0.803. The van der Waals surface area contributed by atoms with Crippen LogP contribution in [0.2, 0.25) is 0 Å². The minimum Gasteiger partial charge on any atom is -0.477 e. The lowest BCUT2D eigenvalue weighted by Crippen LogP contribution is -2.02. The van der Waals surface area contributed by atoms with Gasteiger partial charge in [0.25, 0.3) is 0 Å². The maximum absolute atomic E-state index is 10.7. The van der Waals surface area contributed by atoms with E-state index in [-0.39, 0.29) is 5.69 Å². The van der Waals surface area contributed by atoms with Crippen LogP contribution in [0, 0.1) is 6.92 Å². The van der Waals surface area contributed by atoms with Crippen LogP contribution in [0.25, 0.3) is 11.4 Å². The van der Waals surface area contributed by atoms with E-state index in [0.717, 1.165) is 0 Å². The summed E-state index contributed by atoms with van der Waals surface area (Å²) in [7, 11) is 0. The summed E-state index contributed by atoms with van der Waals surface area (Å²) < 4.78 is 0. The molecule has 0 aliphatic heterocycles. The zero-order valence-corrected chi connectivity index (χ0v) is 8.45. The second-order valence-electron chi connectivity index (χ2n) is 3.09. The highest BCUT2D eigenvalue weighted by Crippen LogP contribution is 2.11. The van der Waals surface area contributed by atoms with Crippen molar-refractivity contribution in [3.05, 3.63) is 36.2 Å². The summed E-state index contributed by atoms with van der Waals surface area (Å²) in [6.45, 7) is 1.76. The van der Waals surface area contributed by atoms with Gasteiger partial charge in [0.1, 0.15) is 5.82 Å². The van der Waals surface area contributed by atoms with Gasteiger partial charge in [0.05, 0.1) is 5.56 Å². The molecule has 6 heteroatoms. The van der Waals surface area contributed by atoms with E-state index in [2.05, 4.69) is 19.9 Å². The summed E-state index contributed by atoms with van der Waals surface area (Å²) in [5, 5.41) is 8.78. The number of nitrogens with zero attached hydrogens (tertiary/aromatic N) is 4. The molecule has 0 radical (unpaired) electrons. The van der Waals surface area contributed by atoms with Gasteiger partial charge >= 0.3 is 5.97 Å². The molecule has 0 saturated heterocycles. The first-order valence-corrected chi connectivity index (χ1v) is 4.52. The van der Waals surface area contributed by atoms with Crippen molar-refractivity contribution in [2.24, 2.45) is 0 Å². The van der Waals surface area contributed by atoms with E-state index in [9.17, 15) is 4.79 Å². The highest BCUT2D eigenvalue weighted by molar-refractivity contribution is 5.85. The number of aromatic nitrogens is 4. The van der Waals surface area contributed by atoms with E-state index in [0.29, 0.717) is 17.2 Å². The Morgan fingerprint density at radius 2 is 1.94 bits per heavy atom. The Labute approximate surface area is 91.1 Å². The van der Waals surface area contributed by atoms with Crippen molar-refractivity contribution >= 4 is 5.97 Å². The summed E-state index contributed by atoms with van der Waals surface area (Å²) >= 11 is 0. The maximum atomic E-state index is 10.7. The Morgan fingerprint density at radius 1 is 1.25 bits per heavy atom. The molecule has 0 amide bonds. The second kappa shape index (κ2) is 4.01. The first kappa shape index (κ1) is 10.2. The fraction of sp³-hybridized carbons (Fsp3) is 0.100. The summed E-state index contributed by atoms with van der Waals surface area (Å²) in [4.78, 5) is 26.5. The highest BCUT2D eigenvalue weighted by atomic mass is 16.4. The number of aromatic carboxylic acids is 1. The number of carboxylic acids is 1. The molecule has 0 bridgehead atoms. The van der Waals surface area contributed by atoms with Gasteiger partial charge < -0.3 is 5.11 Å². The molecular weight excluding hydrogens is 208 g/mol. The summed E-state index contributed by atoms with van der Waals surface area (Å²) in [5.41, 5.74) is 0.541. The van der Waals surface area contributed by atoms with Gasteiger partial charge in [0, 0.05) is 18.6 Å². The lowest BCUT2D eigenvalue weighted by Gasteiger charge is -2.00. The number of hydrogen-bond acceptors (Lipinski definition) is 5. The molecule has 2 aromatic heterocycles. The van der Waals surface area contributed by atoms with Crippen LogP contribution in [0.4, 0.5) is 0 Å². The molecule has 2 rings (SSSR count). The first-order valence-electron chi connectivity index (χ1n) is 4.52. The van der Waals surface area contributed by atoms with Gasteiger partial charge in [-0.05, 0) is 13.0 Å². The van der Waals surface area contributed by atoms with E-state index in [4.69, 9.17) is 5.11 Å². The molecule has 0 fully saturated rings. The molecule has 80 valence electrons. The highest BCUT2D eigenvalue weighted by Gasteiger charge is 2.08. The average Bonchev–Trinajstić information content (AvgIpc) is 2.30. The average molecular weight is 216 g/mol. The number of aryl methyl sites for hydroxylation is 1. The fourth-order valence-corrected chi connectivity index (χ4v) is 1.12. The molecule has 2 aromatic rings. The van der Waals surface area contributed by atoms with E-state index in [1.165, 1.54) is 12.3 Å². The summed E-state index contributed by atoms with van der Waals surface area (Å²) in [6.07, 6.45) is 4.51. The lowest BCUT2D eigenvalue weighted by molar-refractivity contribution is 0.0690. The van der Waals surface area contributed by atoms with E-state index < -0.39 is 5.97 Å². The van der Waals surface area contributed by atoms with Crippen LogP contribution < -0.4 is 0 Å². The van der Waals surface area contributed by atoms with Crippen LogP contribution in [-0.2, 0) is 0 Å². The third-order valence-corrected chi connectivity index (χ3v) is 1.91. The molecule has 0 atom stereocenters. The van der Waals surface area contributed by atoms with Crippen molar-refractivity contribution in [3.63, 3.8) is 0 Å². The van der Waals surface area contributed by atoms with Crippen molar-refractivity contribution in [2.45, 2.75) is 6.92 Å². The number of hydrogen-bond donors (Lipinski definition) is 1. The number of rotatable bonds is 2. The Bertz CT molecular complexity index is 525. The van der Waals surface area contributed by atoms with Gasteiger partial charge in [0.15, 0.2) is 11.5 Å². The van der Waals surface area contributed by atoms with Crippen LogP contribution in [-0.4, -0.2) is 31.0 Å². The van der Waals surface area contributed by atoms with Gasteiger partial charge in [-0.2, -0.15) is 0 Å². The van der Waals surface area contributed by atoms with Gasteiger partial charge in [-0.15, -0.1) is 0 Å². The van der Waals surface area contributed by atoms with Crippen LogP contribution in [0.1, 0.15) is 16.3 Å². The van der Waals surface area contributed by atoms with Crippen LogP contribution in [0.5, 0.6) is 0 Å². The van der Waals surface area contributed by atoms with Crippen LogP contribution in [0.15, 0.2) is 24.7 Å². The third-order valence-electron chi connectivity index (χ3n) is 1.91. The smallest absolute Gasteiger partial charge is 0.354 e. The second-order valence-corrected chi connectivity index (χ2v) is 3.09. The number of carboxylic acid groups (broad SMARTS) is 1. The minimum atomic E-state index is -1.09. The maximum Gasteiger partial charge on any atom is 0.354 e. The molecule has 2 heterocycles. The normalized spacial score (nSPS) is 10.1. The zero-order chi connectivity index (χ0) is 11.5. The molecule has 6 nitrogen and oxygen atoms in total. The van der Waals surface area contributed by atoms with Gasteiger partial charge in [-0.3, -0.25) is 0 Å². The third kappa shape index (κ3) is 2.00. The van der Waals surface area contributed by atoms with Crippen LogP contribution in [0.3, 0.4) is 0 Å². The van der Waals surface area contributed by atoms with Gasteiger partial charge in [-0.25, -0.2) is 24.7 Å². The van der Waals surface area contributed by atoms with Gasteiger partial charge in [0.2, 0.25) is 0 Å². The Morgan fingerprint density at radius 3 is 2.56 bits per heavy atom. The van der Waals surface area contributed by atoms with Gasteiger partial charge in [-0.1, -0.05) is 0 Å². The monoisotopic (exact) mass is 216 g/mol. The molecule has 0 saturated carbocycles. The topological polar surface area (TPSA) is 88.9 Å². The van der Waals surface area contributed by atoms with E-state index >= 15 is 0 Å². The molecule has 0 aromatic carbocycles. The molecular formula is C10H8N4O2. The Hall–Kier alpha value is -2.37. The predicted octanol–water partition coefficient (Wildman–Crippen LogP) is 0.940.